The third kappa shape index (κ3) is 4.52. The molecular weight excluding hydrogens is 200 g/mol. The predicted octanol–water partition coefficient (Wildman–Crippen LogP) is 2.40. The molecule has 0 aromatic heterocycles. The van der Waals surface area contributed by atoms with Crippen LogP contribution in [0.25, 0.3) is 0 Å². The first-order valence-corrected chi connectivity index (χ1v) is 6.53. The number of amides is 1. The van der Waals surface area contributed by atoms with Crippen molar-refractivity contribution >= 4 is 5.91 Å². The Balaban J connectivity index is 4.70. The molecule has 0 aromatic carbocycles. The number of rotatable bonds is 7. The van der Waals surface area contributed by atoms with E-state index in [2.05, 4.69) is 27.7 Å². The highest BCUT2D eigenvalue weighted by Gasteiger charge is 2.25. The van der Waals surface area contributed by atoms with Gasteiger partial charge in [0.05, 0.1) is 6.04 Å². The molecule has 0 saturated carbocycles. The van der Waals surface area contributed by atoms with Gasteiger partial charge in [0.1, 0.15) is 0 Å². The number of hydrogen-bond acceptors (Lipinski definition) is 2. The monoisotopic (exact) mass is 228 g/mol. The third-order valence-corrected chi connectivity index (χ3v) is 2.99. The van der Waals surface area contributed by atoms with Crippen LogP contribution in [-0.4, -0.2) is 29.4 Å². The first-order chi connectivity index (χ1) is 7.47. The fourth-order valence-electron chi connectivity index (χ4n) is 1.93. The summed E-state index contributed by atoms with van der Waals surface area (Å²) in [6, 6.07) is 0.00634. The van der Waals surface area contributed by atoms with Gasteiger partial charge in [0.2, 0.25) is 5.91 Å². The molecule has 96 valence electrons. The zero-order chi connectivity index (χ0) is 12.7. The van der Waals surface area contributed by atoms with Crippen LogP contribution in [0.2, 0.25) is 0 Å². The standard InChI is InChI=1S/C13H28N2O/c1-6-11(7-2)15(9-10(4)5)13(16)12(14)8-3/h10-12H,6-9,14H2,1-5H3/t12-/m1/s1. The number of nitrogens with zero attached hydrogens (tertiary/aromatic N) is 1. The minimum atomic E-state index is -0.334. The van der Waals surface area contributed by atoms with E-state index in [1.807, 2.05) is 11.8 Å². The Morgan fingerprint density at radius 1 is 1.12 bits per heavy atom. The van der Waals surface area contributed by atoms with Crippen LogP contribution in [0.15, 0.2) is 0 Å². The van der Waals surface area contributed by atoms with E-state index in [1.165, 1.54) is 0 Å². The highest BCUT2D eigenvalue weighted by atomic mass is 16.2. The lowest BCUT2D eigenvalue weighted by molar-refractivity contribution is -0.135. The van der Waals surface area contributed by atoms with Crippen LogP contribution in [0.1, 0.15) is 53.9 Å². The summed E-state index contributed by atoms with van der Waals surface area (Å²) < 4.78 is 0. The second-order valence-electron chi connectivity index (χ2n) is 4.87. The molecule has 0 heterocycles. The van der Waals surface area contributed by atoms with Gasteiger partial charge in [0, 0.05) is 12.6 Å². The molecule has 0 aliphatic rings. The molecule has 3 nitrogen and oxygen atoms in total. The van der Waals surface area contributed by atoms with Gasteiger partial charge in [0.15, 0.2) is 0 Å². The molecule has 0 spiro atoms. The summed E-state index contributed by atoms with van der Waals surface area (Å²) in [5, 5.41) is 0. The van der Waals surface area contributed by atoms with Gasteiger partial charge in [-0.3, -0.25) is 4.79 Å². The molecule has 2 N–H and O–H groups in total. The average molecular weight is 228 g/mol. The van der Waals surface area contributed by atoms with Crippen molar-refractivity contribution in [3.8, 4) is 0 Å². The van der Waals surface area contributed by atoms with Crippen LogP contribution in [0.3, 0.4) is 0 Å². The van der Waals surface area contributed by atoms with Gasteiger partial charge in [-0.15, -0.1) is 0 Å². The maximum Gasteiger partial charge on any atom is 0.239 e. The second-order valence-corrected chi connectivity index (χ2v) is 4.87. The fourth-order valence-corrected chi connectivity index (χ4v) is 1.93. The molecule has 0 saturated heterocycles. The van der Waals surface area contributed by atoms with Crippen molar-refractivity contribution < 1.29 is 4.79 Å². The maximum atomic E-state index is 12.2. The van der Waals surface area contributed by atoms with Crippen molar-refractivity contribution in [3.63, 3.8) is 0 Å². The van der Waals surface area contributed by atoms with Crippen LogP contribution in [0.4, 0.5) is 0 Å². The average Bonchev–Trinajstić information content (AvgIpc) is 2.26. The second kappa shape index (κ2) is 7.66. The van der Waals surface area contributed by atoms with Gasteiger partial charge in [-0.25, -0.2) is 0 Å². The Morgan fingerprint density at radius 2 is 1.62 bits per heavy atom. The quantitative estimate of drug-likeness (QED) is 0.727. The SMILES string of the molecule is CCC(CC)N(CC(C)C)C(=O)[C@H](N)CC. The van der Waals surface area contributed by atoms with Crippen molar-refractivity contribution in [1.29, 1.82) is 0 Å². The molecule has 0 aromatic rings. The van der Waals surface area contributed by atoms with Crippen LogP contribution in [-0.2, 0) is 4.79 Å². The lowest BCUT2D eigenvalue weighted by Gasteiger charge is -2.33. The minimum Gasteiger partial charge on any atom is -0.338 e. The number of nitrogens with two attached hydrogens (primary N) is 1. The number of hydrogen-bond donors (Lipinski definition) is 1. The predicted molar refractivity (Wildman–Crippen MR) is 69.2 cm³/mol. The zero-order valence-electron chi connectivity index (χ0n) is 11.5. The summed E-state index contributed by atoms with van der Waals surface area (Å²) in [5.74, 6) is 0.610. The Hall–Kier alpha value is -0.570. The highest BCUT2D eigenvalue weighted by Crippen LogP contribution is 2.13. The van der Waals surface area contributed by atoms with Crippen molar-refractivity contribution in [1.82, 2.24) is 4.90 Å². The summed E-state index contributed by atoms with van der Waals surface area (Å²) in [7, 11) is 0. The molecular formula is C13H28N2O. The summed E-state index contributed by atoms with van der Waals surface area (Å²) in [6.45, 7) is 11.3. The summed E-state index contributed by atoms with van der Waals surface area (Å²) >= 11 is 0. The van der Waals surface area contributed by atoms with Gasteiger partial charge in [-0.2, -0.15) is 0 Å². The van der Waals surface area contributed by atoms with Gasteiger partial charge in [-0.05, 0) is 25.2 Å². The van der Waals surface area contributed by atoms with E-state index in [1.54, 1.807) is 0 Å². The maximum absolute atomic E-state index is 12.2. The largest absolute Gasteiger partial charge is 0.338 e. The molecule has 0 aliphatic carbocycles. The normalized spacial score (nSPS) is 13.2. The Morgan fingerprint density at radius 3 is 1.94 bits per heavy atom. The van der Waals surface area contributed by atoms with Crippen molar-refractivity contribution in [2.75, 3.05) is 6.54 Å². The van der Waals surface area contributed by atoms with Gasteiger partial charge < -0.3 is 10.6 Å². The lowest BCUT2D eigenvalue weighted by atomic mass is 10.1. The van der Waals surface area contributed by atoms with E-state index >= 15 is 0 Å². The smallest absolute Gasteiger partial charge is 0.239 e. The molecule has 0 aliphatic heterocycles. The van der Waals surface area contributed by atoms with Gasteiger partial charge >= 0.3 is 0 Å². The molecule has 0 fully saturated rings. The molecule has 16 heavy (non-hydrogen) atoms. The molecule has 0 unspecified atom stereocenters. The molecule has 0 bridgehead atoms. The van der Waals surface area contributed by atoms with E-state index in [-0.39, 0.29) is 11.9 Å². The van der Waals surface area contributed by atoms with E-state index in [0.29, 0.717) is 18.4 Å². The highest BCUT2D eigenvalue weighted by molar-refractivity contribution is 5.81. The van der Waals surface area contributed by atoms with E-state index in [9.17, 15) is 4.79 Å². The third-order valence-electron chi connectivity index (χ3n) is 2.99. The Labute approximate surface area is 100 Å². The van der Waals surface area contributed by atoms with Crippen molar-refractivity contribution in [2.45, 2.75) is 66.0 Å². The van der Waals surface area contributed by atoms with E-state index < -0.39 is 0 Å². The molecule has 1 amide bonds. The topological polar surface area (TPSA) is 46.3 Å². The van der Waals surface area contributed by atoms with Crippen molar-refractivity contribution in [2.24, 2.45) is 11.7 Å². The Bertz CT molecular complexity index is 200. The van der Waals surface area contributed by atoms with E-state index in [4.69, 9.17) is 5.73 Å². The van der Waals surface area contributed by atoms with Gasteiger partial charge in [-0.1, -0.05) is 34.6 Å². The summed E-state index contributed by atoms with van der Waals surface area (Å²) in [5.41, 5.74) is 5.85. The number of carbonyl (C=O) groups excluding carboxylic acids is 1. The van der Waals surface area contributed by atoms with Crippen LogP contribution in [0, 0.1) is 5.92 Å². The van der Waals surface area contributed by atoms with Crippen molar-refractivity contribution in [3.05, 3.63) is 0 Å². The first-order valence-electron chi connectivity index (χ1n) is 6.53. The Kier molecular flexibility index (Phi) is 7.39. The lowest BCUT2D eigenvalue weighted by Crippen LogP contribution is -2.49. The number of carbonyl (C=O) groups is 1. The summed E-state index contributed by atoms with van der Waals surface area (Å²) in [4.78, 5) is 14.2. The van der Waals surface area contributed by atoms with Crippen LogP contribution < -0.4 is 5.73 Å². The molecule has 0 radical (unpaired) electrons. The zero-order valence-corrected chi connectivity index (χ0v) is 11.5. The van der Waals surface area contributed by atoms with Gasteiger partial charge in [0.25, 0.3) is 0 Å². The van der Waals surface area contributed by atoms with Crippen LogP contribution >= 0.6 is 0 Å². The van der Waals surface area contributed by atoms with E-state index in [0.717, 1.165) is 19.4 Å². The minimum absolute atomic E-state index is 0.116. The molecule has 3 heteroatoms. The summed E-state index contributed by atoms with van der Waals surface area (Å²) in [6.07, 6.45) is 2.73. The molecule has 1 atom stereocenters. The fraction of sp³-hybridized carbons (Fsp3) is 0.923. The first kappa shape index (κ1) is 15.4. The molecule has 0 rings (SSSR count). The van der Waals surface area contributed by atoms with Crippen LogP contribution in [0.5, 0.6) is 0 Å².